The van der Waals surface area contributed by atoms with Crippen molar-refractivity contribution in [1.82, 2.24) is 4.72 Å². The molecular weight excluding hydrogens is 426 g/mol. The molecule has 3 rings (SSSR count). The van der Waals surface area contributed by atoms with E-state index in [1.165, 1.54) is 6.07 Å². The molecule has 7 nitrogen and oxygen atoms in total. The number of nitrogens with one attached hydrogen (secondary N) is 2. The summed E-state index contributed by atoms with van der Waals surface area (Å²) in [7, 11) is -3.94. The van der Waals surface area contributed by atoms with Gasteiger partial charge < -0.3 is 10.2 Å². The van der Waals surface area contributed by atoms with Crippen LogP contribution in [-0.4, -0.2) is 32.8 Å². The van der Waals surface area contributed by atoms with Crippen molar-refractivity contribution >= 4 is 33.2 Å². The highest BCUT2D eigenvalue weighted by Crippen LogP contribution is 2.31. The van der Waals surface area contributed by atoms with E-state index in [0.29, 0.717) is 25.1 Å². The summed E-state index contributed by atoms with van der Waals surface area (Å²) in [5.74, 6) is -0.652. The standard InChI is InChI=1S/C24H31N3O4S/c1-6-22(28)27-13-12-18-14-19(10-11-21(18)27)32(30,31)26-23(15(2)3)24(29)25-20-9-7-8-16(4)17(20)5/h7-11,14-15,23,26H,6,12-13H2,1-5H3,(H,25,29)/t23-/m0/s1. The largest absolute Gasteiger partial charge is 0.324 e. The van der Waals surface area contributed by atoms with Crippen molar-refractivity contribution in [3.63, 3.8) is 0 Å². The minimum absolute atomic E-state index is 0.0143. The molecule has 1 heterocycles. The van der Waals surface area contributed by atoms with Crippen LogP contribution in [-0.2, 0) is 26.0 Å². The number of rotatable bonds is 7. The molecule has 8 heteroatoms. The van der Waals surface area contributed by atoms with Gasteiger partial charge in [-0.05, 0) is 67.1 Å². The van der Waals surface area contributed by atoms with Gasteiger partial charge in [0, 0.05) is 24.3 Å². The fourth-order valence-corrected chi connectivity index (χ4v) is 5.21. The lowest BCUT2D eigenvalue weighted by molar-refractivity contribution is -0.119. The van der Waals surface area contributed by atoms with Crippen molar-refractivity contribution in [1.29, 1.82) is 0 Å². The highest BCUT2D eigenvalue weighted by atomic mass is 32.2. The third kappa shape index (κ3) is 4.86. The number of amides is 2. The summed E-state index contributed by atoms with van der Waals surface area (Å²) < 4.78 is 28.8. The first kappa shape index (κ1) is 23.9. The zero-order valence-electron chi connectivity index (χ0n) is 19.2. The summed E-state index contributed by atoms with van der Waals surface area (Å²) in [4.78, 5) is 26.9. The minimum Gasteiger partial charge on any atom is -0.324 e. The van der Waals surface area contributed by atoms with Gasteiger partial charge >= 0.3 is 0 Å². The molecule has 2 aromatic rings. The second-order valence-corrected chi connectivity index (χ2v) is 10.2. The van der Waals surface area contributed by atoms with Crippen molar-refractivity contribution in [3.05, 3.63) is 53.1 Å². The van der Waals surface area contributed by atoms with Crippen molar-refractivity contribution in [3.8, 4) is 0 Å². The lowest BCUT2D eigenvalue weighted by atomic mass is 10.0. The van der Waals surface area contributed by atoms with Crippen LogP contribution in [0.25, 0.3) is 0 Å². The Kier molecular flexibility index (Phi) is 7.05. The van der Waals surface area contributed by atoms with E-state index in [4.69, 9.17) is 0 Å². The first-order chi connectivity index (χ1) is 15.0. The monoisotopic (exact) mass is 457 g/mol. The van der Waals surface area contributed by atoms with Crippen LogP contribution in [0.15, 0.2) is 41.3 Å². The first-order valence-corrected chi connectivity index (χ1v) is 12.4. The van der Waals surface area contributed by atoms with Gasteiger partial charge in [0.05, 0.1) is 4.90 Å². The lowest BCUT2D eigenvalue weighted by Crippen LogP contribution is -2.47. The van der Waals surface area contributed by atoms with Gasteiger partial charge in [-0.2, -0.15) is 4.72 Å². The van der Waals surface area contributed by atoms with Crippen molar-refractivity contribution < 1.29 is 18.0 Å². The van der Waals surface area contributed by atoms with Crippen LogP contribution in [0.4, 0.5) is 11.4 Å². The molecule has 0 spiro atoms. The molecule has 0 saturated heterocycles. The van der Waals surface area contributed by atoms with E-state index < -0.39 is 22.0 Å². The number of anilines is 2. The third-order valence-electron chi connectivity index (χ3n) is 5.95. The zero-order valence-corrected chi connectivity index (χ0v) is 20.0. The van der Waals surface area contributed by atoms with E-state index in [1.807, 2.05) is 26.0 Å². The summed E-state index contributed by atoms with van der Waals surface area (Å²) in [6, 6.07) is 9.43. The quantitative estimate of drug-likeness (QED) is 0.665. The average Bonchev–Trinajstić information content (AvgIpc) is 3.18. The van der Waals surface area contributed by atoms with Crippen molar-refractivity contribution in [2.75, 3.05) is 16.8 Å². The Morgan fingerprint density at radius 3 is 2.50 bits per heavy atom. The van der Waals surface area contributed by atoms with E-state index in [0.717, 1.165) is 22.4 Å². The van der Waals surface area contributed by atoms with Crippen molar-refractivity contribution in [2.45, 2.75) is 58.4 Å². The number of benzene rings is 2. The summed E-state index contributed by atoms with van der Waals surface area (Å²) in [6.45, 7) is 9.82. The number of nitrogens with zero attached hydrogens (tertiary/aromatic N) is 1. The van der Waals surface area contributed by atoms with E-state index >= 15 is 0 Å². The van der Waals surface area contributed by atoms with Crippen LogP contribution < -0.4 is 14.9 Å². The molecule has 172 valence electrons. The molecule has 2 amide bonds. The van der Waals surface area contributed by atoms with Gasteiger partial charge in [0.2, 0.25) is 21.8 Å². The third-order valence-corrected chi connectivity index (χ3v) is 7.39. The van der Waals surface area contributed by atoms with E-state index in [1.54, 1.807) is 43.9 Å². The molecule has 0 saturated carbocycles. The minimum atomic E-state index is -3.94. The van der Waals surface area contributed by atoms with Crippen LogP contribution in [0.5, 0.6) is 0 Å². The molecule has 0 fully saturated rings. The lowest BCUT2D eigenvalue weighted by Gasteiger charge is -2.23. The Morgan fingerprint density at radius 2 is 1.84 bits per heavy atom. The molecule has 1 aliphatic heterocycles. The molecule has 0 radical (unpaired) electrons. The van der Waals surface area contributed by atoms with Crippen LogP contribution in [0.3, 0.4) is 0 Å². The predicted octanol–water partition coefficient (Wildman–Crippen LogP) is 3.54. The number of aryl methyl sites for hydroxylation is 1. The number of fused-ring (bicyclic) bond motifs is 1. The van der Waals surface area contributed by atoms with Crippen molar-refractivity contribution in [2.24, 2.45) is 5.92 Å². The molecule has 0 aliphatic carbocycles. The van der Waals surface area contributed by atoms with Gasteiger partial charge in [-0.15, -0.1) is 0 Å². The van der Waals surface area contributed by atoms with Gasteiger partial charge in [0.25, 0.3) is 0 Å². The van der Waals surface area contributed by atoms with Gasteiger partial charge in [-0.1, -0.05) is 32.9 Å². The highest BCUT2D eigenvalue weighted by molar-refractivity contribution is 7.89. The maximum Gasteiger partial charge on any atom is 0.242 e. The van der Waals surface area contributed by atoms with Gasteiger partial charge in [0.15, 0.2) is 0 Å². The number of sulfonamides is 1. The molecule has 0 aromatic heterocycles. The molecule has 1 atom stereocenters. The van der Waals surface area contributed by atoms with Crippen LogP contribution in [0.2, 0.25) is 0 Å². The number of carbonyl (C=O) groups excluding carboxylic acids is 2. The Morgan fingerprint density at radius 1 is 1.12 bits per heavy atom. The first-order valence-electron chi connectivity index (χ1n) is 10.9. The molecule has 0 unspecified atom stereocenters. The van der Waals surface area contributed by atoms with Crippen LogP contribution >= 0.6 is 0 Å². The number of hydrogen-bond acceptors (Lipinski definition) is 4. The van der Waals surface area contributed by atoms with Crippen LogP contribution in [0.1, 0.15) is 43.9 Å². The van der Waals surface area contributed by atoms with Gasteiger partial charge in [0.1, 0.15) is 6.04 Å². The zero-order chi connectivity index (χ0) is 23.6. The van der Waals surface area contributed by atoms with Gasteiger partial charge in [-0.25, -0.2) is 8.42 Å². The Labute approximate surface area is 190 Å². The Bertz CT molecular complexity index is 1140. The molecule has 1 aliphatic rings. The SMILES string of the molecule is CCC(=O)N1CCc2cc(S(=O)(=O)N[C@H](C(=O)Nc3cccc(C)c3C)C(C)C)ccc21. The smallest absolute Gasteiger partial charge is 0.242 e. The molecule has 2 N–H and O–H groups in total. The fourth-order valence-electron chi connectivity index (χ4n) is 3.82. The van der Waals surface area contributed by atoms with E-state index in [9.17, 15) is 18.0 Å². The topological polar surface area (TPSA) is 95.6 Å². The van der Waals surface area contributed by atoms with E-state index in [-0.39, 0.29) is 16.7 Å². The summed E-state index contributed by atoms with van der Waals surface area (Å²) in [6.07, 6.45) is 0.998. The average molecular weight is 458 g/mol. The molecule has 0 bridgehead atoms. The highest BCUT2D eigenvalue weighted by Gasteiger charge is 2.30. The Hall–Kier alpha value is -2.71. The summed E-state index contributed by atoms with van der Waals surface area (Å²) in [5, 5.41) is 2.86. The predicted molar refractivity (Wildman–Crippen MR) is 126 cm³/mol. The second-order valence-electron chi connectivity index (χ2n) is 8.52. The summed E-state index contributed by atoms with van der Waals surface area (Å²) >= 11 is 0. The second kappa shape index (κ2) is 9.42. The fraction of sp³-hybridized carbons (Fsp3) is 0.417. The molecule has 32 heavy (non-hydrogen) atoms. The summed E-state index contributed by atoms with van der Waals surface area (Å²) in [5.41, 5.74) is 4.21. The maximum atomic E-state index is 13.1. The molecular formula is C24H31N3O4S. The van der Waals surface area contributed by atoms with Crippen LogP contribution in [0, 0.1) is 19.8 Å². The number of hydrogen-bond donors (Lipinski definition) is 2. The number of carbonyl (C=O) groups is 2. The van der Waals surface area contributed by atoms with E-state index in [2.05, 4.69) is 10.0 Å². The normalized spacial score (nSPS) is 14.4. The molecule has 2 aromatic carbocycles. The maximum absolute atomic E-state index is 13.1. The van der Waals surface area contributed by atoms with Gasteiger partial charge in [-0.3, -0.25) is 9.59 Å². The Balaban J connectivity index is 1.82.